The first-order valence-electron chi connectivity index (χ1n) is 6.62. The largest absolute Gasteiger partial charge is 0.485 e. The minimum atomic E-state index is -0.506. The molecule has 3 aromatic rings. The van der Waals surface area contributed by atoms with E-state index >= 15 is 0 Å². The van der Waals surface area contributed by atoms with Crippen LogP contribution in [0.5, 0.6) is 5.75 Å². The number of rotatable bonds is 5. The molecule has 0 fully saturated rings. The lowest BCUT2D eigenvalue weighted by molar-refractivity contribution is -0.384. The van der Waals surface area contributed by atoms with Gasteiger partial charge >= 0.3 is 0 Å². The van der Waals surface area contributed by atoms with Gasteiger partial charge in [-0.1, -0.05) is 24.3 Å². The van der Waals surface area contributed by atoms with Gasteiger partial charge in [0, 0.05) is 28.7 Å². The Morgan fingerprint density at radius 2 is 2.00 bits per heavy atom. The number of aromatic nitrogens is 1. The number of non-ortho nitro benzene ring substituents is 1. The van der Waals surface area contributed by atoms with Crippen molar-refractivity contribution in [3.63, 3.8) is 0 Å². The Bertz CT molecular complexity index is 854. The zero-order chi connectivity index (χ0) is 15.5. The first-order valence-corrected chi connectivity index (χ1v) is 6.62. The molecule has 6 heteroatoms. The minimum absolute atomic E-state index is 0.0722. The Kier molecular flexibility index (Phi) is 3.57. The molecule has 0 bridgehead atoms. The molecule has 0 radical (unpaired) electrons. The van der Waals surface area contributed by atoms with Gasteiger partial charge in [0.15, 0.2) is 6.61 Å². The summed E-state index contributed by atoms with van der Waals surface area (Å²) in [6, 6.07) is 13.2. The molecule has 0 aliphatic heterocycles. The number of benzene rings is 2. The van der Waals surface area contributed by atoms with E-state index in [9.17, 15) is 14.9 Å². The number of ether oxygens (including phenoxy) is 1. The van der Waals surface area contributed by atoms with E-state index in [1.165, 1.54) is 18.2 Å². The summed E-state index contributed by atoms with van der Waals surface area (Å²) in [5.41, 5.74) is 1.35. The Morgan fingerprint density at radius 1 is 1.18 bits per heavy atom. The lowest BCUT2D eigenvalue weighted by Gasteiger charge is -2.04. The summed E-state index contributed by atoms with van der Waals surface area (Å²) in [6.07, 6.45) is 1.64. The van der Waals surface area contributed by atoms with E-state index in [-0.39, 0.29) is 18.1 Å². The van der Waals surface area contributed by atoms with Crippen LogP contribution in [0.1, 0.15) is 10.4 Å². The average Bonchev–Trinajstić information content (AvgIpc) is 2.97. The Labute approximate surface area is 125 Å². The molecule has 3 rings (SSSR count). The summed E-state index contributed by atoms with van der Waals surface area (Å²) in [4.78, 5) is 25.5. The maximum absolute atomic E-state index is 12.2. The van der Waals surface area contributed by atoms with E-state index in [1.807, 2.05) is 24.3 Å². The first-order chi connectivity index (χ1) is 10.6. The number of aromatic amines is 1. The van der Waals surface area contributed by atoms with Gasteiger partial charge in [-0.05, 0) is 12.1 Å². The van der Waals surface area contributed by atoms with Gasteiger partial charge < -0.3 is 9.72 Å². The maximum atomic E-state index is 12.2. The predicted molar refractivity (Wildman–Crippen MR) is 81.2 cm³/mol. The second-order valence-electron chi connectivity index (χ2n) is 4.71. The fraction of sp³-hybridized carbons (Fsp3) is 0.0625. The molecule has 22 heavy (non-hydrogen) atoms. The summed E-state index contributed by atoms with van der Waals surface area (Å²) in [6.45, 7) is -0.178. The van der Waals surface area contributed by atoms with E-state index in [2.05, 4.69) is 4.98 Å². The molecule has 0 saturated heterocycles. The second kappa shape index (κ2) is 5.69. The minimum Gasteiger partial charge on any atom is -0.485 e. The fourth-order valence-corrected chi connectivity index (χ4v) is 2.22. The molecule has 0 unspecified atom stereocenters. The average molecular weight is 296 g/mol. The van der Waals surface area contributed by atoms with Gasteiger partial charge in [-0.15, -0.1) is 0 Å². The molecule has 2 aromatic carbocycles. The molecule has 1 aromatic heterocycles. The SMILES string of the molecule is O=C(COc1cccc([N+](=O)[O-])c1)c1c[nH]c2ccccc12. The van der Waals surface area contributed by atoms with Crippen LogP contribution in [-0.4, -0.2) is 22.3 Å². The third-order valence-electron chi connectivity index (χ3n) is 3.29. The highest BCUT2D eigenvalue weighted by Crippen LogP contribution is 2.21. The number of para-hydroxylation sites is 1. The molecule has 0 aliphatic rings. The monoisotopic (exact) mass is 296 g/mol. The number of hydrogen-bond acceptors (Lipinski definition) is 4. The van der Waals surface area contributed by atoms with Crippen LogP contribution in [0.3, 0.4) is 0 Å². The van der Waals surface area contributed by atoms with E-state index in [1.54, 1.807) is 12.3 Å². The molecular weight excluding hydrogens is 284 g/mol. The molecule has 0 amide bonds. The van der Waals surface area contributed by atoms with Crippen molar-refractivity contribution in [1.82, 2.24) is 4.98 Å². The topological polar surface area (TPSA) is 85.2 Å². The van der Waals surface area contributed by atoms with E-state index in [0.29, 0.717) is 11.3 Å². The predicted octanol–water partition coefficient (Wildman–Crippen LogP) is 3.34. The summed E-state index contributed by atoms with van der Waals surface area (Å²) >= 11 is 0. The van der Waals surface area contributed by atoms with Crippen LogP contribution in [0.25, 0.3) is 10.9 Å². The van der Waals surface area contributed by atoms with E-state index in [0.717, 1.165) is 10.9 Å². The van der Waals surface area contributed by atoms with Crippen LogP contribution in [0.4, 0.5) is 5.69 Å². The van der Waals surface area contributed by atoms with E-state index in [4.69, 9.17) is 4.74 Å². The Morgan fingerprint density at radius 3 is 2.82 bits per heavy atom. The van der Waals surface area contributed by atoms with Crippen LogP contribution in [0.2, 0.25) is 0 Å². The first kappa shape index (κ1) is 13.8. The number of nitro benzene ring substituents is 1. The number of carbonyl (C=O) groups is 1. The summed E-state index contributed by atoms with van der Waals surface area (Å²) in [5, 5.41) is 11.5. The van der Waals surface area contributed by atoms with Crippen molar-refractivity contribution in [3.05, 3.63) is 70.4 Å². The van der Waals surface area contributed by atoms with Gasteiger partial charge in [0.2, 0.25) is 5.78 Å². The summed E-state index contributed by atoms with van der Waals surface area (Å²) in [7, 11) is 0. The maximum Gasteiger partial charge on any atom is 0.273 e. The third kappa shape index (κ3) is 2.67. The number of nitrogens with one attached hydrogen (secondary N) is 1. The van der Waals surface area contributed by atoms with Gasteiger partial charge in [0.05, 0.1) is 11.0 Å². The molecule has 0 atom stereocenters. The Balaban J connectivity index is 1.75. The number of Topliss-reactive ketones (excluding diaryl/α,β-unsaturated/α-hetero) is 1. The quantitative estimate of drug-likeness (QED) is 0.444. The molecule has 6 nitrogen and oxygen atoms in total. The molecule has 0 saturated carbocycles. The van der Waals surface area contributed by atoms with Crippen LogP contribution < -0.4 is 4.74 Å². The van der Waals surface area contributed by atoms with E-state index < -0.39 is 4.92 Å². The smallest absolute Gasteiger partial charge is 0.273 e. The number of nitro groups is 1. The van der Waals surface area contributed by atoms with Crippen LogP contribution >= 0.6 is 0 Å². The zero-order valence-corrected chi connectivity index (χ0v) is 11.5. The van der Waals surface area contributed by atoms with Crippen LogP contribution in [0, 0.1) is 10.1 Å². The van der Waals surface area contributed by atoms with Crippen molar-refractivity contribution >= 4 is 22.4 Å². The number of ketones is 1. The standard InChI is InChI=1S/C16H12N2O4/c19-16(14-9-17-15-7-2-1-6-13(14)15)10-22-12-5-3-4-11(8-12)18(20)21/h1-9,17H,10H2. The van der Waals surface area contributed by atoms with Gasteiger partial charge in [-0.3, -0.25) is 14.9 Å². The number of nitrogens with zero attached hydrogens (tertiary/aromatic N) is 1. The molecule has 110 valence electrons. The van der Waals surface area contributed by atoms with Gasteiger partial charge in [-0.2, -0.15) is 0 Å². The molecule has 1 N–H and O–H groups in total. The van der Waals surface area contributed by atoms with Gasteiger partial charge in [-0.25, -0.2) is 0 Å². The van der Waals surface area contributed by atoms with Crippen molar-refractivity contribution in [2.24, 2.45) is 0 Å². The highest BCUT2D eigenvalue weighted by molar-refractivity contribution is 6.08. The lowest BCUT2D eigenvalue weighted by atomic mass is 10.1. The van der Waals surface area contributed by atoms with Gasteiger partial charge in [0.1, 0.15) is 5.75 Å². The highest BCUT2D eigenvalue weighted by atomic mass is 16.6. The van der Waals surface area contributed by atoms with Crippen molar-refractivity contribution in [2.75, 3.05) is 6.61 Å². The zero-order valence-electron chi connectivity index (χ0n) is 11.5. The highest BCUT2D eigenvalue weighted by Gasteiger charge is 2.13. The van der Waals surface area contributed by atoms with Crippen molar-refractivity contribution < 1.29 is 14.5 Å². The number of hydrogen-bond donors (Lipinski definition) is 1. The summed E-state index contributed by atoms with van der Waals surface area (Å²) in [5.74, 6) is 0.103. The van der Waals surface area contributed by atoms with Crippen molar-refractivity contribution in [1.29, 1.82) is 0 Å². The third-order valence-corrected chi connectivity index (χ3v) is 3.29. The number of fused-ring (bicyclic) bond motifs is 1. The van der Waals surface area contributed by atoms with Crippen LogP contribution in [-0.2, 0) is 0 Å². The molecular formula is C16H12N2O4. The normalized spacial score (nSPS) is 10.5. The van der Waals surface area contributed by atoms with Gasteiger partial charge in [0.25, 0.3) is 5.69 Å². The molecule has 0 aliphatic carbocycles. The Hall–Kier alpha value is -3.15. The number of carbonyl (C=O) groups excluding carboxylic acids is 1. The molecule has 0 spiro atoms. The van der Waals surface area contributed by atoms with Crippen molar-refractivity contribution in [2.45, 2.75) is 0 Å². The molecule has 1 heterocycles. The summed E-state index contributed by atoms with van der Waals surface area (Å²) < 4.78 is 5.36. The lowest BCUT2D eigenvalue weighted by Crippen LogP contribution is -2.11. The van der Waals surface area contributed by atoms with Crippen molar-refractivity contribution in [3.8, 4) is 5.75 Å². The fourth-order valence-electron chi connectivity index (χ4n) is 2.22. The second-order valence-corrected chi connectivity index (χ2v) is 4.71. The number of H-pyrrole nitrogens is 1. The van der Waals surface area contributed by atoms with Crippen LogP contribution in [0.15, 0.2) is 54.7 Å².